The number of hydrogen-bond acceptors (Lipinski definition) is 4. The number of nitrogens with one attached hydrogen (secondary N) is 1. The first-order chi connectivity index (χ1) is 12.4. The molecule has 2 rings (SSSR count). The van der Waals surface area contributed by atoms with Gasteiger partial charge in [0, 0.05) is 43.5 Å². The first-order valence-corrected chi connectivity index (χ1v) is 10.2. The highest BCUT2D eigenvalue weighted by molar-refractivity contribution is 7.73. The molecule has 0 saturated carbocycles. The summed E-state index contributed by atoms with van der Waals surface area (Å²) in [5.41, 5.74) is 0.904. The number of likely N-dealkylation sites (N-methyl/N-ethyl adjacent to an activating group) is 1. The van der Waals surface area contributed by atoms with E-state index in [0.29, 0.717) is 35.9 Å². The molecule has 144 valence electrons. The zero-order chi connectivity index (χ0) is 19.1. The number of nitrogens with zero attached hydrogens (tertiary/aromatic N) is 2. The smallest absolute Gasteiger partial charge is 0.317 e. The van der Waals surface area contributed by atoms with Gasteiger partial charge in [0.15, 0.2) is 0 Å². The van der Waals surface area contributed by atoms with Gasteiger partial charge in [0.2, 0.25) is 10.3 Å². The largest absolute Gasteiger partial charge is 0.337 e. The van der Waals surface area contributed by atoms with Crippen molar-refractivity contribution in [2.45, 2.75) is 19.3 Å². The summed E-state index contributed by atoms with van der Waals surface area (Å²) in [6.45, 7) is 2.43. The topological polar surface area (TPSA) is 69.7 Å². The molecule has 8 heteroatoms. The molecule has 1 atom stereocenters. The minimum absolute atomic E-state index is 0.126. The van der Waals surface area contributed by atoms with Crippen molar-refractivity contribution in [1.29, 1.82) is 0 Å². The van der Waals surface area contributed by atoms with Gasteiger partial charge in [-0.3, -0.25) is 0 Å². The molecule has 0 aliphatic carbocycles. The van der Waals surface area contributed by atoms with Gasteiger partial charge in [-0.25, -0.2) is 4.79 Å². The average Bonchev–Trinajstić information content (AvgIpc) is 2.60. The summed E-state index contributed by atoms with van der Waals surface area (Å²) < 4.78 is 23.6. The third kappa shape index (κ3) is 6.30. The van der Waals surface area contributed by atoms with Gasteiger partial charge in [0.25, 0.3) is 0 Å². The minimum atomic E-state index is -2.28. The van der Waals surface area contributed by atoms with Crippen molar-refractivity contribution in [2.75, 3.05) is 40.3 Å². The first kappa shape index (κ1) is 20.7. The van der Waals surface area contributed by atoms with Gasteiger partial charge in [0.05, 0.1) is 4.86 Å². The highest BCUT2D eigenvalue weighted by Crippen LogP contribution is 2.20. The van der Waals surface area contributed by atoms with E-state index in [2.05, 4.69) is 5.32 Å². The van der Waals surface area contributed by atoms with Gasteiger partial charge in [-0.15, -0.1) is 0 Å². The van der Waals surface area contributed by atoms with Crippen LogP contribution in [0.3, 0.4) is 0 Å². The highest BCUT2D eigenvalue weighted by atomic mass is 35.5. The Morgan fingerprint density at radius 1 is 1.31 bits per heavy atom. The molecule has 0 spiro atoms. The number of piperidine rings is 1. The van der Waals surface area contributed by atoms with E-state index in [1.54, 1.807) is 17.0 Å². The molecule has 26 heavy (non-hydrogen) atoms. The summed E-state index contributed by atoms with van der Waals surface area (Å²) in [6.07, 6.45) is 1.93. The second kappa shape index (κ2) is 9.94. The summed E-state index contributed by atoms with van der Waals surface area (Å²) in [6, 6.07) is 7.06. The van der Waals surface area contributed by atoms with E-state index in [1.165, 1.54) is 0 Å². The number of carbonyl (C=O) groups is 1. The van der Waals surface area contributed by atoms with Gasteiger partial charge >= 0.3 is 6.03 Å². The fraction of sp³-hybridized carbons (Fsp3) is 0.556. The Morgan fingerprint density at radius 2 is 2.00 bits per heavy atom. The Hall–Kier alpha value is -1.57. The van der Waals surface area contributed by atoms with E-state index in [0.717, 1.165) is 24.9 Å². The molecule has 1 heterocycles. The number of hydrogen-bond donors (Lipinski definition) is 1. The number of likely N-dealkylation sites (tertiary alicyclic amines) is 1. The Bertz CT molecular complexity index is 739. The van der Waals surface area contributed by atoms with Crippen molar-refractivity contribution in [2.24, 2.45) is 5.92 Å². The second-order valence-corrected chi connectivity index (χ2v) is 8.25. The van der Waals surface area contributed by atoms with E-state index in [4.69, 9.17) is 11.6 Å². The zero-order valence-corrected chi connectivity index (χ0v) is 16.8. The van der Waals surface area contributed by atoms with Crippen LogP contribution in [0, 0.1) is 5.92 Å². The standard InChI is InChI=1S/C18H26ClN3O3S/c1-21(2)11-9-20-18(23)22-10-3-4-15(13-22)17(26(24)25)12-14-5-7-16(19)8-6-14/h5-8,15H,3-4,9-13H2,1-2H3,(H,20,23). The lowest BCUT2D eigenvalue weighted by Gasteiger charge is -2.33. The molecule has 0 bridgehead atoms. The van der Waals surface area contributed by atoms with Crippen LogP contribution >= 0.6 is 11.6 Å². The molecule has 0 aromatic heterocycles. The lowest BCUT2D eigenvalue weighted by molar-refractivity contribution is 0.177. The van der Waals surface area contributed by atoms with E-state index < -0.39 is 10.3 Å². The molecule has 2 amide bonds. The fourth-order valence-electron chi connectivity index (χ4n) is 3.07. The lowest BCUT2D eigenvalue weighted by Crippen LogP contribution is -2.48. The maximum Gasteiger partial charge on any atom is 0.317 e. The molecule has 1 fully saturated rings. The van der Waals surface area contributed by atoms with Crippen LogP contribution in [0.2, 0.25) is 5.02 Å². The van der Waals surface area contributed by atoms with Crippen LogP contribution in [0.25, 0.3) is 0 Å². The Labute approximate surface area is 161 Å². The maximum absolute atomic E-state index is 12.3. The number of amides is 2. The number of rotatable bonds is 6. The number of urea groups is 1. The van der Waals surface area contributed by atoms with Crippen LogP contribution in [-0.4, -0.2) is 69.4 Å². The number of carbonyl (C=O) groups excluding carboxylic acids is 1. The fourth-order valence-corrected chi connectivity index (χ4v) is 3.94. The molecular formula is C18H26ClN3O3S. The van der Waals surface area contributed by atoms with Gasteiger partial charge in [-0.05, 0) is 44.6 Å². The van der Waals surface area contributed by atoms with Crippen molar-refractivity contribution in [3.8, 4) is 0 Å². The third-order valence-electron chi connectivity index (χ3n) is 4.50. The van der Waals surface area contributed by atoms with Crippen molar-refractivity contribution in [1.82, 2.24) is 15.1 Å². The molecule has 1 saturated heterocycles. The van der Waals surface area contributed by atoms with Crippen LogP contribution in [0.15, 0.2) is 24.3 Å². The molecule has 1 aliphatic rings. The molecule has 1 unspecified atom stereocenters. The lowest BCUT2D eigenvalue weighted by atomic mass is 9.91. The van der Waals surface area contributed by atoms with E-state index in [-0.39, 0.29) is 11.9 Å². The van der Waals surface area contributed by atoms with E-state index in [9.17, 15) is 13.2 Å². The summed E-state index contributed by atoms with van der Waals surface area (Å²) >= 11 is 5.89. The predicted octanol–water partition coefficient (Wildman–Crippen LogP) is 1.92. The third-order valence-corrected chi connectivity index (χ3v) is 5.66. The zero-order valence-electron chi connectivity index (χ0n) is 15.2. The molecule has 6 nitrogen and oxygen atoms in total. The van der Waals surface area contributed by atoms with Gasteiger partial charge in [0.1, 0.15) is 0 Å². The van der Waals surface area contributed by atoms with Crippen LogP contribution in [0.4, 0.5) is 4.79 Å². The minimum Gasteiger partial charge on any atom is -0.337 e. The van der Waals surface area contributed by atoms with Gasteiger partial charge in [-0.1, -0.05) is 23.7 Å². The summed E-state index contributed by atoms with van der Waals surface area (Å²) in [5, 5.41) is 3.52. The maximum atomic E-state index is 12.3. The summed E-state index contributed by atoms with van der Waals surface area (Å²) in [4.78, 5) is 16.5. The normalized spacial score (nSPS) is 17.2. The van der Waals surface area contributed by atoms with Crippen LogP contribution in [0.1, 0.15) is 18.4 Å². The highest BCUT2D eigenvalue weighted by Gasteiger charge is 2.27. The predicted molar refractivity (Wildman–Crippen MR) is 105 cm³/mol. The van der Waals surface area contributed by atoms with Crippen LogP contribution in [-0.2, 0) is 16.7 Å². The summed E-state index contributed by atoms with van der Waals surface area (Å²) in [7, 11) is 1.62. The number of benzene rings is 1. The molecule has 1 aromatic carbocycles. The average molecular weight is 400 g/mol. The van der Waals surface area contributed by atoms with Gasteiger partial charge in [-0.2, -0.15) is 8.42 Å². The number of halogens is 1. The van der Waals surface area contributed by atoms with Crippen molar-refractivity contribution in [3.05, 3.63) is 34.9 Å². The van der Waals surface area contributed by atoms with Crippen molar-refractivity contribution in [3.63, 3.8) is 0 Å². The molecule has 1 N–H and O–H groups in total. The Morgan fingerprint density at radius 3 is 2.62 bits per heavy atom. The van der Waals surface area contributed by atoms with Crippen molar-refractivity contribution < 1.29 is 13.2 Å². The first-order valence-electron chi connectivity index (χ1n) is 8.73. The van der Waals surface area contributed by atoms with Gasteiger partial charge < -0.3 is 15.1 Å². The van der Waals surface area contributed by atoms with Crippen LogP contribution in [0.5, 0.6) is 0 Å². The molecule has 1 aromatic rings. The molecule has 1 aliphatic heterocycles. The Balaban J connectivity index is 2.02. The summed E-state index contributed by atoms with van der Waals surface area (Å²) in [5.74, 6) is -0.141. The Kier molecular flexibility index (Phi) is 7.93. The molecule has 0 radical (unpaired) electrons. The van der Waals surface area contributed by atoms with E-state index >= 15 is 0 Å². The van der Waals surface area contributed by atoms with E-state index in [1.807, 2.05) is 31.1 Å². The quantitative estimate of drug-likeness (QED) is 0.742. The van der Waals surface area contributed by atoms with Crippen LogP contribution < -0.4 is 5.32 Å². The van der Waals surface area contributed by atoms with Crippen molar-refractivity contribution >= 4 is 32.8 Å². The molecular weight excluding hydrogens is 374 g/mol. The SMILES string of the molecule is CN(C)CCNC(=O)N1CCCC(C(Cc2ccc(Cl)cc2)=S(=O)=O)C1. The second-order valence-electron chi connectivity index (χ2n) is 6.82. The monoisotopic (exact) mass is 399 g/mol.